The molecule has 0 saturated heterocycles. The maximum Gasteiger partial charge on any atom is 1.00 e. The average molecular weight is 685 g/mol. The van der Waals surface area contributed by atoms with Crippen molar-refractivity contribution < 1.29 is 42.5 Å². The molecule has 0 aliphatic carbocycles. The Morgan fingerprint density at radius 1 is 0.426 bits per heavy atom. The van der Waals surface area contributed by atoms with Crippen molar-refractivity contribution in [3.8, 4) is 0 Å². The van der Waals surface area contributed by atoms with Crippen LogP contribution in [0.15, 0.2) is 29.2 Å². The molecule has 1 rings (SSSR count). The van der Waals surface area contributed by atoms with Crippen molar-refractivity contribution in [2.24, 2.45) is 0 Å². The zero-order valence-corrected chi connectivity index (χ0v) is 34.5. The van der Waals surface area contributed by atoms with Crippen molar-refractivity contribution in [3.05, 3.63) is 29.8 Å². The summed E-state index contributed by atoms with van der Waals surface area (Å²) >= 11 is 0. The van der Waals surface area contributed by atoms with Crippen LogP contribution < -0.4 is 29.6 Å². The molecule has 0 aromatic heterocycles. The predicted octanol–water partition coefficient (Wildman–Crippen LogP) is 11.4. The van der Waals surface area contributed by atoms with Gasteiger partial charge in [0.2, 0.25) is 0 Å². The first-order valence-electron chi connectivity index (χ1n) is 20.6. The van der Waals surface area contributed by atoms with Gasteiger partial charge in [-0.05, 0) is 30.5 Å². The third-order valence-electron chi connectivity index (χ3n) is 10.0. The Bertz CT molecular complexity index is 872. The van der Waals surface area contributed by atoms with Crippen molar-refractivity contribution in [1.82, 2.24) is 0 Å². The molecule has 47 heavy (non-hydrogen) atoms. The summed E-state index contributed by atoms with van der Waals surface area (Å²) in [4.78, 5) is -0.105. The summed E-state index contributed by atoms with van der Waals surface area (Å²) in [6, 6.07) is 6.50. The van der Waals surface area contributed by atoms with E-state index in [4.69, 9.17) is 0 Å². The number of benzene rings is 1. The van der Waals surface area contributed by atoms with E-state index in [1.165, 1.54) is 224 Å². The summed E-state index contributed by atoms with van der Waals surface area (Å²) in [7, 11) is -4.35. The molecule has 0 fully saturated rings. The van der Waals surface area contributed by atoms with Gasteiger partial charge in [0.05, 0.1) is 4.90 Å². The first-order valence-corrected chi connectivity index (χ1v) is 22.0. The standard InChI is InChI=1S/C42H78O3S.Na/c1-2-3-4-5-6-7-8-9-10-11-12-13-14-15-16-17-18-19-20-21-22-23-24-25-26-27-28-29-30-31-32-33-34-35-37-41-38-36-39-42(40-41)46(43,44)45;/h36,38-40H,2-35,37H2,1H3,(H,43,44,45);/q;+1/p-1. The van der Waals surface area contributed by atoms with Crippen LogP contribution in [0, 0.1) is 0 Å². The van der Waals surface area contributed by atoms with Gasteiger partial charge >= 0.3 is 29.6 Å². The quantitative estimate of drug-likeness (QED) is 0.0401. The van der Waals surface area contributed by atoms with E-state index in [9.17, 15) is 13.0 Å². The normalized spacial score (nSPS) is 11.6. The maximum absolute atomic E-state index is 11.2. The largest absolute Gasteiger partial charge is 1.00 e. The fourth-order valence-electron chi connectivity index (χ4n) is 6.92. The van der Waals surface area contributed by atoms with Gasteiger partial charge in [-0.3, -0.25) is 0 Å². The number of rotatable bonds is 36. The van der Waals surface area contributed by atoms with Gasteiger partial charge in [-0.25, -0.2) is 8.42 Å². The Kier molecular flexibility index (Phi) is 36.0. The fraction of sp³-hybridized carbons (Fsp3) is 0.857. The van der Waals surface area contributed by atoms with Crippen LogP contribution in [-0.4, -0.2) is 13.0 Å². The molecule has 0 aliphatic rings. The fourth-order valence-corrected chi connectivity index (χ4v) is 7.46. The van der Waals surface area contributed by atoms with Gasteiger partial charge in [0.1, 0.15) is 10.1 Å². The van der Waals surface area contributed by atoms with Gasteiger partial charge in [-0.2, -0.15) is 0 Å². The molecule has 1 aromatic carbocycles. The second kappa shape index (κ2) is 35.9. The molecule has 3 nitrogen and oxygen atoms in total. The summed E-state index contributed by atoms with van der Waals surface area (Å²) in [6.07, 6.45) is 49.0. The van der Waals surface area contributed by atoms with Crippen LogP contribution in [0.1, 0.15) is 231 Å². The average Bonchev–Trinajstić information content (AvgIpc) is 3.04. The van der Waals surface area contributed by atoms with Crippen LogP contribution in [0.25, 0.3) is 0 Å². The molecular weight excluding hydrogens is 608 g/mol. The second-order valence-electron chi connectivity index (χ2n) is 14.5. The van der Waals surface area contributed by atoms with E-state index >= 15 is 0 Å². The molecule has 1 aromatic rings. The number of hydrogen-bond acceptors (Lipinski definition) is 3. The van der Waals surface area contributed by atoms with E-state index < -0.39 is 10.1 Å². The van der Waals surface area contributed by atoms with Crippen LogP contribution in [0.2, 0.25) is 0 Å². The summed E-state index contributed by atoms with van der Waals surface area (Å²) in [5.41, 5.74) is 0.952. The van der Waals surface area contributed by atoms with Crippen LogP contribution in [0.4, 0.5) is 0 Å². The third kappa shape index (κ3) is 33.1. The molecule has 0 radical (unpaired) electrons. The number of aryl methyl sites for hydroxylation is 1. The Labute approximate surface area is 317 Å². The van der Waals surface area contributed by atoms with Crippen molar-refractivity contribution >= 4 is 10.1 Å². The number of unbranched alkanes of at least 4 members (excludes halogenated alkanes) is 33. The minimum Gasteiger partial charge on any atom is -0.744 e. The molecule has 0 spiro atoms. The predicted molar refractivity (Wildman–Crippen MR) is 201 cm³/mol. The van der Waals surface area contributed by atoms with Gasteiger partial charge in [-0.1, -0.05) is 231 Å². The van der Waals surface area contributed by atoms with Crippen LogP contribution >= 0.6 is 0 Å². The smallest absolute Gasteiger partial charge is 0.744 e. The minimum absolute atomic E-state index is 0. The first-order chi connectivity index (χ1) is 22.5. The van der Waals surface area contributed by atoms with Crippen LogP contribution in [0.5, 0.6) is 0 Å². The minimum atomic E-state index is -4.35. The van der Waals surface area contributed by atoms with Crippen LogP contribution in [-0.2, 0) is 16.5 Å². The topological polar surface area (TPSA) is 57.2 Å². The Morgan fingerprint density at radius 3 is 0.936 bits per heavy atom. The van der Waals surface area contributed by atoms with E-state index in [1.54, 1.807) is 6.07 Å². The van der Waals surface area contributed by atoms with E-state index in [0.717, 1.165) is 18.4 Å². The van der Waals surface area contributed by atoms with E-state index in [-0.39, 0.29) is 34.5 Å². The van der Waals surface area contributed by atoms with Crippen molar-refractivity contribution in [2.75, 3.05) is 0 Å². The Hall–Kier alpha value is 0.130. The van der Waals surface area contributed by atoms with Crippen molar-refractivity contribution in [1.29, 1.82) is 0 Å². The van der Waals surface area contributed by atoms with Crippen LogP contribution in [0.3, 0.4) is 0 Å². The van der Waals surface area contributed by atoms with Gasteiger partial charge < -0.3 is 4.55 Å². The molecule has 0 amide bonds. The Morgan fingerprint density at radius 2 is 0.681 bits per heavy atom. The molecule has 0 aliphatic heterocycles. The van der Waals surface area contributed by atoms with Gasteiger partial charge in [0.15, 0.2) is 0 Å². The third-order valence-corrected chi connectivity index (χ3v) is 10.8. The molecule has 5 heteroatoms. The molecule has 0 atom stereocenters. The van der Waals surface area contributed by atoms with E-state index in [2.05, 4.69) is 6.92 Å². The summed E-state index contributed by atoms with van der Waals surface area (Å²) in [6.45, 7) is 2.30. The van der Waals surface area contributed by atoms with E-state index in [1.807, 2.05) is 6.07 Å². The summed E-state index contributed by atoms with van der Waals surface area (Å²) in [5, 5.41) is 0. The van der Waals surface area contributed by atoms with E-state index in [0.29, 0.717) is 0 Å². The van der Waals surface area contributed by atoms with Gasteiger partial charge in [-0.15, -0.1) is 0 Å². The summed E-state index contributed by atoms with van der Waals surface area (Å²) < 4.78 is 33.5. The first kappa shape index (κ1) is 47.1. The molecular formula is C42H77NaO3S. The molecule has 270 valence electrons. The molecule has 0 bridgehead atoms. The Balaban J connectivity index is 0.0000212. The second-order valence-corrected chi connectivity index (χ2v) is 15.9. The zero-order valence-electron chi connectivity index (χ0n) is 31.7. The zero-order chi connectivity index (χ0) is 33.2. The molecule has 0 N–H and O–H groups in total. The monoisotopic (exact) mass is 685 g/mol. The van der Waals surface area contributed by atoms with Gasteiger partial charge in [0.25, 0.3) is 0 Å². The summed E-state index contributed by atoms with van der Waals surface area (Å²) in [5.74, 6) is 0. The van der Waals surface area contributed by atoms with Crippen molar-refractivity contribution in [2.45, 2.75) is 237 Å². The van der Waals surface area contributed by atoms with Gasteiger partial charge in [0, 0.05) is 0 Å². The maximum atomic E-state index is 11.2. The molecule has 0 saturated carbocycles. The molecule has 0 unspecified atom stereocenters. The number of hydrogen-bond donors (Lipinski definition) is 0. The van der Waals surface area contributed by atoms with Crippen molar-refractivity contribution in [3.63, 3.8) is 0 Å². The molecule has 0 heterocycles. The SMILES string of the molecule is CCCCCCCCCCCCCCCCCCCCCCCCCCCCCCCCCCCCc1cccc(S(=O)(=O)[O-])c1.[Na+].